The molecule has 2 aromatic carbocycles. The maximum atomic E-state index is 13.8. The van der Waals surface area contributed by atoms with Crippen molar-refractivity contribution in [1.82, 2.24) is 9.97 Å². The maximum Gasteiger partial charge on any atom is 0.417 e. The molecule has 0 aliphatic heterocycles. The van der Waals surface area contributed by atoms with Gasteiger partial charge in [0.2, 0.25) is 0 Å². The van der Waals surface area contributed by atoms with E-state index >= 15 is 0 Å². The van der Waals surface area contributed by atoms with E-state index in [4.69, 9.17) is 10.2 Å². The molecule has 4 nitrogen and oxygen atoms in total. The van der Waals surface area contributed by atoms with E-state index in [2.05, 4.69) is 9.97 Å². The summed E-state index contributed by atoms with van der Waals surface area (Å²) < 4.78 is 247. The van der Waals surface area contributed by atoms with Gasteiger partial charge >= 0.3 is 37.1 Å². The van der Waals surface area contributed by atoms with Gasteiger partial charge in [-0.3, -0.25) is 9.97 Å². The van der Waals surface area contributed by atoms with E-state index in [-0.39, 0.29) is 69.4 Å². The normalized spacial score (nSPS) is 15.4. The number of aryl methyl sites for hydroxylation is 2. The summed E-state index contributed by atoms with van der Waals surface area (Å²) >= 11 is 0. The zero-order valence-corrected chi connectivity index (χ0v) is 29.2. The second-order valence-electron chi connectivity index (χ2n) is 11.7. The van der Waals surface area contributed by atoms with Gasteiger partial charge in [0.15, 0.2) is 0 Å². The van der Waals surface area contributed by atoms with Crippen LogP contribution in [0, 0.1) is 6.07 Å². The maximum absolute atomic E-state index is 13.8. The second kappa shape index (κ2) is 16.1. The van der Waals surface area contributed by atoms with Crippen molar-refractivity contribution in [1.29, 1.82) is 0 Å². The first kappa shape index (κ1) is 47.0. The van der Waals surface area contributed by atoms with Crippen molar-refractivity contribution >= 4 is 0 Å². The van der Waals surface area contributed by atoms with E-state index in [1.54, 1.807) is 13.8 Å². The molecule has 0 bridgehead atoms. The van der Waals surface area contributed by atoms with Crippen LogP contribution in [0.4, 0.5) is 79.0 Å². The van der Waals surface area contributed by atoms with E-state index in [1.807, 2.05) is 0 Å². The number of hydrogen-bond acceptors (Lipinski definition) is 4. The van der Waals surface area contributed by atoms with Gasteiger partial charge in [-0.25, -0.2) is 0 Å². The predicted molar refractivity (Wildman–Crippen MR) is 146 cm³/mol. The third-order valence-corrected chi connectivity index (χ3v) is 7.31. The molecule has 0 spiro atoms. The van der Waals surface area contributed by atoms with Crippen molar-refractivity contribution in [2.45, 2.75) is 95.2 Å². The topological polar surface area (TPSA) is 66.2 Å². The Balaban J connectivity index is 0.00000115. The minimum atomic E-state index is -6.31. The Morgan fingerprint density at radius 2 is 0.926 bits per heavy atom. The van der Waals surface area contributed by atoms with E-state index in [9.17, 15) is 79.0 Å². The summed E-state index contributed by atoms with van der Waals surface area (Å²) in [6.45, 7) is 3.32. The first-order valence-electron chi connectivity index (χ1n) is 14.7. The number of hydrogen-bond donors (Lipinski definition) is 2. The van der Waals surface area contributed by atoms with Crippen molar-refractivity contribution in [3.63, 3.8) is 0 Å². The second-order valence-corrected chi connectivity index (χ2v) is 11.7. The zero-order chi connectivity index (χ0) is 40.9. The number of fused-ring (bicyclic) bond motifs is 1. The van der Waals surface area contributed by atoms with E-state index in [0.717, 1.165) is 6.07 Å². The summed E-state index contributed by atoms with van der Waals surface area (Å²) in [7, 11) is 0. The molecule has 4 rings (SSSR count). The smallest absolute Gasteiger partial charge is 0.393 e. The van der Waals surface area contributed by atoms with E-state index in [0.29, 0.717) is 6.42 Å². The van der Waals surface area contributed by atoms with Crippen LogP contribution in [0.2, 0.25) is 0 Å². The van der Waals surface area contributed by atoms with Gasteiger partial charge in [-0.2, -0.15) is 79.0 Å². The van der Waals surface area contributed by atoms with Gasteiger partial charge in [-0.05, 0) is 80.3 Å². The SMILES string of the molecule is CC(O)CC(C)O.FC(F)(F)c1[c-]c(-c2nc3c(nc2-c2cc(C(F)(F)F)c(C(F)(F)F)c(C(F)(F)F)c2)CCCC3)cc(C(F)(F)F)c1C(F)(F)F.[Ir]. The molecule has 305 valence electrons. The van der Waals surface area contributed by atoms with Crippen molar-refractivity contribution in [2.75, 3.05) is 0 Å². The average Bonchev–Trinajstić information content (AvgIpc) is 2.96. The van der Waals surface area contributed by atoms with Gasteiger partial charge in [0.05, 0.1) is 46.0 Å². The van der Waals surface area contributed by atoms with Gasteiger partial charge < -0.3 is 10.2 Å². The van der Waals surface area contributed by atoms with Gasteiger partial charge in [-0.1, -0.05) is 0 Å². The van der Waals surface area contributed by atoms with Crippen molar-refractivity contribution in [3.8, 4) is 22.5 Å². The van der Waals surface area contributed by atoms with Gasteiger partial charge in [-0.15, -0.1) is 17.7 Å². The standard InChI is InChI=1S/C26H11F18N2.C5H12O2.Ir/c27-21(28,29)11-5-9(6-12(22(30,31)32)17(11)25(39,40)41)19-20(46-16-4-2-1-3-15(16)45-19)10-7-13(23(33,34)35)18(26(42,43)44)14(8-10)24(36,37)38;1-4(6)3-5(2)7;/h5-7H,1-4H2;4-7H,3H2,1-2H3;/q-1;;. The molecular formula is C31H23F18IrN2O2-. The molecule has 1 aliphatic rings. The Morgan fingerprint density at radius 3 is 1.24 bits per heavy atom. The minimum absolute atomic E-state index is 0. The number of halogens is 18. The Hall–Kier alpha value is -3.17. The van der Waals surface area contributed by atoms with Gasteiger partial charge in [0.1, 0.15) is 0 Å². The van der Waals surface area contributed by atoms with Crippen LogP contribution in [-0.2, 0) is 70.0 Å². The summed E-state index contributed by atoms with van der Waals surface area (Å²) in [5.74, 6) is 0. The molecular weight excluding hydrogens is 967 g/mol. The average molecular weight is 990 g/mol. The summed E-state index contributed by atoms with van der Waals surface area (Å²) in [5.41, 5.74) is -24.8. The molecule has 3 aromatic rings. The van der Waals surface area contributed by atoms with Crippen molar-refractivity contribution in [3.05, 3.63) is 69.0 Å². The molecule has 1 radical (unpaired) electrons. The fourth-order valence-corrected chi connectivity index (χ4v) is 5.35. The molecule has 0 saturated carbocycles. The Morgan fingerprint density at radius 1 is 0.556 bits per heavy atom. The monoisotopic (exact) mass is 990 g/mol. The van der Waals surface area contributed by atoms with Crippen LogP contribution in [0.5, 0.6) is 0 Å². The van der Waals surface area contributed by atoms with Crippen LogP contribution in [0.25, 0.3) is 22.5 Å². The Bertz CT molecular complexity index is 1590. The first-order chi connectivity index (χ1) is 23.7. The molecule has 0 amide bonds. The number of rotatable bonds is 4. The van der Waals surface area contributed by atoms with E-state index < -0.39 is 111 Å². The van der Waals surface area contributed by atoms with Crippen molar-refractivity contribution in [2.24, 2.45) is 0 Å². The third-order valence-electron chi connectivity index (χ3n) is 7.31. The van der Waals surface area contributed by atoms with E-state index in [1.165, 1.54) is 0 Å². The molecule has 1 aromatic heterocycles. The quantitative estimate of drug-likeness (QED) is 0.202. The van der Waals surface area contributed by atoms with Crippen LogP contribution < -0.4 is 0 Å². The zero-order valence-electron chi connectivity index (χ0n) is 26.8. The molecule has 2 unspecified atom stereocenters. The van der Waals surface area contributed by atoms with Crippen LogP contribution >= 0.6 is 0 Å². The molecule has 2 atom stereocenters. The van der Waals surface area contributed by atoms with Gasteiger partial charge in [0, 0.05) is 25.8 Å². The Kier molecular flexibility index (Phi) is 14.0. The number of alkyl halides is 18. The number of nitrogens with zero attached hydrogens (tertiary/aromatic N) is 2. The predicted octanol–water partition coefficient (Wildman–Crippen LogP) is 10.7. The number of aromatic nitrogens is 2. The Labute approximate surface area is 306 Å². The fourth-order valence-electron chi connectivity index (χ4n) is 5.35. The molecule has 0 saturated heterocycles. The summed E-state index contributed by atoms with van der Waals surface area (Å²) in [4.78, 5) is 7.53. The minimum Gasteiger partial charge on any atom is -0.393 e. The fraction of sp³-hybridized carbons (Fsp3) is 0.484. The van der Waals surface area contributed by atoms with Gasteiger partial charge in [0.25, 0.3) is 0 Å². The molecule has 2 N–H and O–H groups in total. The summed E-state index contributed by atoms with van der Waals surface area (Å²) in [6.07, 6.45) is -37.4. The van der Waals surface area contributed by atoms with Crippen LogP contribution in [0.1, 0.15) is 77.9 Å². The molecule has 1 aliphatic carbocycles. The molecule has 23 heteroatoms. The summed E-state index contributed by atoms with van der Waals surface area (Å²) in [6, 6.07) is -0.524. The molecule has 1 heterocycles. The molecule has 0 fully saturated rings. The number of aliphatic hydroxyl groups is 2. The molecule has 54 heavy (non-hydrogen) atoms. The third kappa shape index (κ3) is 11.2. The van der Waals surface area contributed by atoms with Crippen LogP contribution in [0.15, 0.2) is 18.2 Å². The van der Waals surface area contributed by atoms with Crippen LogP contribution in [-0.4, -0.2) is 32.4 Å². The number of benzene rings is 2. The van der Waals surface area contributed by atoms with Crippen LogP contribution in [0.3, 0.4) is 0 Å². The largest absolute Gasteiger partial charge is 0.417 e. The van der Waals surface area contributed by atoms with Crippen molar-refractivity contribution < 1.29 is 109 Å². The number of aliphatic hydroxyl groups excluding tert-OH is 2. The first-order valence-corrected chi connectivity index (χ1v) is 14.7. The summed E-state index contributed by atoms with van der Waals surface area (Å²) in [5, 5.41) is 17.1.